The van der Waals surface area contributed by atoms with Gasteiger partial charge in [-0.05, 0) is 24.8 Å². The van der Waals surface area contributed by atoms with E-state index in [0.717, 1.165) is 11.5 Å². The van der Waals surface area contributed by atoms with Gasteiger partial charge < -0.3 is 0 Å². The molecule has 0 bridgehead atoms. The van der Waals surface area contributed by atoms with E-state index in [0.29, 0.717) is 5.33 Å². The van der Waals surface area contributed by atoms with Gasteiger partial charge in [0.25, 0.3) is 0 Å². The van der Waals surface area contributed by atoms with Crippen molar-refractivity contribution in [2.45, 2.75) is 25.2 Å². The van der Waals surface area contributed by atoms with Crippen molar-refractivity contribution in [3.05, 3.63) is 21.9 Å². The number of Topliss-reactive ketones (excluding diaryl/α,β-unsaturated/α-hetero) is 1. The van der Waals surface area contributed by atoms with Crippen LogP contribution in [0, 0.1) is 0 Å². The van der Waals surface area contributed by atoms with E-state index in [1.807, 2.05) is 5.38 Å². The summed E-state index contributed by atoms with van der Waals surface area (Å²) in [5, 5.41) is 2.42. The van der Waals surface area contributed by atoms with E-state index in [9.17, 15) is 4.79 Å². The van der Waals surface area contributed by atoms with Crippen molar-refractivity contribution in [3.8, 4) is 0 Å². The zero-order valence-electron chi connectivity index (χ0n) is 7.25. The summed E-state index contributed by atoms with van der Waals surface area (Å²) in [4.78, 5) is 12.7. The van der Waals surface area contributed by atoms with Crippen LogP contribution in [0.15, 0.2) is 11.4 Å². The second-order valence-corrected chi connectivity index (χ2v) is 4.93. The van der Waals surface area contributed by atoms with Crippen molar-refractivity contribution < 1.29 is 4.79 Å². The van der Waals surface area contributed by atoms with Crippen molar-refractivity contribution in [2.24, 2.45) is 0 Å². The lowest BCUT2D eigenvalue weighted by molar-refractivity contribution is 0.102. The Balaban J connectivity index is 2.12. The summed E-state index contributed by atoms with van der Waals surface area (Å²) in [6, 6.07) is 2.07. The molecule has 1 aromatic rings. The number of hydrogen-bond acceptors (Lipinski definition) is 2. The first-order valence-electron chi connectivity index (χ1n) is 4.49. The highest BCUT2D eigenvalue weighted by molar-refractivity contribution is 9.09. The van der Waals surface area contributed by atoms with Crippen LogP contribution >= 0.6 is 27.3 Å². The number of thiophene rings is 1. The summed E-state index contributed by atoms with van der Waals surface area (Å²) in [6.45, 7) is 0. The maximum absolute atomic E-state index is 11.3. The number of carbonyl (C=O) groups is 1. The van der Waals surface area contributed by atoms with Crippen LogP contribution < -0.4 is 0 Å². The predicted octanol–water partition coefficient (Wildman–Crippen LogP) is 3.59. The van der Waals surface area contributed by atoms with Gasteiger partial charge >= 0.3 is 0 Å². The van der Waals surface area contributed by atoms with Gasteiger partial charge in [0.15, 0.2) is 5.78 Å². The minimum atomic E-state index is 0.196. The van der Waals surface area contributed by atoms with E-state index in [-0.39, 0.29) is 5.78 Å². The summed E-state index contributed by atoms with van der Waals surface area (Å²) < 4.78 is 0. The Morgan fingerprint density at radius 2 is 2.38 bits per heavy atom. The third-order valence-corrected chi connectivity index (χ3v) is 4.18. The molecule has 1 saturated carbocycles. The normalized spacial score (nSPS) is 17.0. The van der Waals surface area contributed by atoms with Crippen LogP contribution in [0.3, 0.4) is 0 Å². The highest BCUT2D eigenvalue weighted by Gasteiger charge is 2.21. The first kappa shape index (κ1) is 9.41. The molecule has 2 rings (SSSR count). The molecule has 0 atom stereocenters. The molecule has 1 fully saturated rings. The maximum atomic E-state index is 11.3. The Morgan fingerprint density at radius 1 is 1.62 bits per heavy atom. The quantitative estimate of drug-likeness (QED) is 0.598. The molecule has 0 saturated heterocycles. The molecule has 0 unspecified atom stereocenters. The van der Waals surface area contributed by atoms with E-state index in [1.54, 1.807) is 11.3 Å². The third kappa shape index (κ3) is 1.86. The average molecular weight is 259 g/mol. The molecule has 1 aliphatic rings. The van der Waals surface area contributed by atoms with Crippen LogP contribution in [0.25, 0.3) is 0 Å². The first-order chi connectivity index (χ1) is 6.31. The second kappa shape index (κ2) is 3.93. The van der Waals surface area contributed by atoms with Gasteiger partial charge in [0, 0.05) is 15.8 Å². The van der Waals surface area contributed by atoms with Crippen LogP contribution in [0.1, 0.15) is 40.4 Å². The van der Waals surface area contributed by atoms with Gasteiger partial charge in [-0.15, -0.1) is 11.3 Å². The molecule has 1 aromatic heterocycles. The summed E-state index contributed by atoms with van der Waals surface area (Å²) in [7, 11) is 0. The van der Waals surface area contributed by atoms with Crippen LogP contribution in [0.4, 0.5) is 0 Å². The molecule has 1 nitrogen and oxygen atoms in total. The lowest BCUT2D eigenvalue weighted by Crippen LogP contribution is -2.06. The van der Waals surface area contributed by atoms with E-state index in [2.05, 4.69) is 22.0 Å². The van der Waals surface area contributed by atoms with E-state index in [4.69, 9.17) is 0 Å². The lowest BCUT2D eigenvalue weighted by atomic mass is 9.84. The monoisotopic (exact) mass is 258 g/mol. The zero-order valence-corrected chi connectivity index (χ0v) is 9.66. The van der Waals surface area contributed by atoms with Crippen molar-refractivity contribution in [1.29, 1.82) is 0 Å². The Kier molecular flexibility index (Phi) is 2.84. The fraction of sp³-hybridized carbons (Fsp3) is 0.500. The molecular formula is C10H11BrOS. The summed E-state index contributed by atoms with van der Waals surface area (Å²) >= 11 is 4.92. The third-order valence-electron chi connectivity index (χ3n) is 2.57. The maximum Gasteiger partial charge on any atom is 0.174 e. The van der Waals surface area contributed by atoms with Crippen molar-refractivity contribution in [1.82, 2.24) is 0 Å². The van der Waals surface area contributed by atoms with E-state index >= 15 is 0 Å². The number of hydrogen-bond donors (Lipinski definition) is 0. The largest absolute Gasteiger partial charge is 0.293 e. The molecule has 0 aromatic carbocycles. The van der Waals surface area contributed by atoms with E-state index in [1.165, 1.54) is 24.1 Å². The highest BCUT2D eigenvalue weighted by Crippen LogP contribution is 2.39. The molecule has 3 heteroatoms. The van der Waals surface area contributed by atoms with Crippen LogP contribution in [0.2, 0.25) is 0 Å². The Morgan fingerprint density at radius 3 is 2.92 bits per heavy atom. The van der Waals surface area contributed by atoms with Crippen molar-refractivity contribution in [3.63, 3.8) is 0 Å². The minimum Gasteiger partial charge on any atom is -0.293 e. The smallest absolute Gasteiger partial charge is 0.174 e. The minimum absolute atomic E-state index is 0.196. The summed E-state index contributed by atoms with van der Waals surface area (Å²) in [6.07, 6.45) is 3.97. The summed E-state index contributed by atoms with van der Waals surface area (Å²) in [5.74, 6) is 0.948. The molecule has 0 N–H and O–H groups in total. The van der Waals surface area contributed by atoms with Gasteiger partial charge in [-0.2, -0.15) is 0 Å². The molecule has 0 amide bonds. The number of alkyl halides is 1. The highest BCUT2D eigenvalue weighted by atomic mass is 79.9. The molecule has 0 radical (unpaired) electrons. The number of halogens is 1. The second-order valence-electron chi connectivity index (χ2n) is 3.42. The Labute approximate surface area is 90.3 Å². The average Bonchev–Trinajstić information content (AvgIpc) is 2.49. The van der Waals surface area contributed by atoms with Gasteiger partial charge in [0.05, 0.1) is 5.33 Å². The molecule has 13 heavy (non-hydrogen) atoms. The fourth-order valence-electron chi connectivity index (χ4n) is 1.48. The molecule has 1 heterocycles. The van der Waals surface area contributed by atoms with E-state index < -0.39 is 0 Å². The zero-order chi connectivity index (χ0) is 9.26. The van der Waals surface area contributed by atoms with Gasteiger partial charge in [-0.1, -0.05) is 22.4 Å². The van der Waals surface area contributed by atoms with Gasteiger partial charge in [0.1, 0.15) is 0 Å². The predicted molar refractivity (Wildman–Crippen MR) is 59.0 cm³/mol. The Hall–Kier alpha value is -0.150. The van der Waals surface area contributed by atoms with Gasteiger partial charge in [-0.25, -0.2) is 0 Å². The van der Waals surface area contributed by atoms with Crippen molar-refractivity contribution >= 4 is 33.0 Å². The number of carbonyl (C=O) groups excluding carboxylic acids is 1. The SMILES string of the molecule is O=C(CBr)c1csc(C2CCC2)c1. The number of ketones is 1. The number of rotatable bonds is 3. The topological polar surface area (TPSA) is 17.1 Å². The molecular weight excluding hydrogens is 248 g/mol. The van der Waals surface area contributed by atoms with Gasteiger partial charge in [-0.3, -0.25) is 4.79 Å². The lowest BCUT2D eigenvalue weighted by Gasteiger charge is -2.23. The molecule has 0 spiro atoms. The fourth-order valence-corrected chi connectivity index (χ4v) is 2.89. The van der Waals surface area contributed by atoms with Crippen molar-refractivity contribution in [2.75, 3.05) is 5.33 Å². The standard InChI is InChI=1S/C10H11BrOS/c11-5-9(12)8-4-10(13-6-8)7-2-1-3-7/h4,6-7H,1-3,5H2. The first-order valence-corrected chi connectivity index (χ1v) is 6.49. The molecule has 1 aliphatic carbocycles. The summed E-state index contributed by atoms with van der Waals surface area (Å²) in [5.41, 5.74) is 0.878. The Bertz CT molecular complexity index is 314. The van der Waals surface area contributed by atoms with Gasteiger partial charge in [0.2, 0.25) is 0 Å². The molecule has 0 aliphatic heterocycles. The van der Waals surface area contributed by atoms with Crippen LogP contribution in [0.5, 0.6) is 0 Å². The van der Waals surface area contributed by atoms with Crippen LogP contribution in [-0.2, 0) is 0 Å². The van der Waals surface area contributed by atoms with Crippen LogP contribution in [-0.4, -0.2) is 11.1 Å². The molecule has 70 valence electrons.